The summed E-state index contributed by atoms with van der Waals surface area (Å²) in [6, 6.07) is 8.01. The van der Waals surface area contributed by atoms with Crippen LogP contribution < -0.4 is 5.32 Å². The molecular formula is C12H12BrN3. The lowest BCUT2D eigenvalue weighted by Crippen LogP contribution is -1.97. The third-order valence-electron chi connectivity index (χ3n) is 2.50. The summed E-state index contributed by atoms with van der Waals surface area (Å²) in [5.74, 6) is 0.788. The number of nitrogens with one attached hydrogen (secondary N) is 1. The van der Waals surface area contributed by atoms with Gasteiger partial charge in [0.2, 0.25) is 0 Å². The number of hydrogen-bond acceptors (Lipinski definition) is 3. The van der Waals surface area contributed by atoms with Crippen molar-refractivity contribution in [3.05, 3.63) is 46.3 Å². The van der Waals surface area contributed by atoms with Gasteiger partial charge in [-0.15, -0.1) is 0 Å². The highest BCUT2D eigenvalue weighted by Crippen LogP contribution is 2.22. The fourth-order valence-electron chi connectivity index (χ4n) is 1.43. The van der Waals surface area contributed by atoms with Gasteiger partial charge >= 0.3 is 0 Å². The molecule has 0 amide bonds. The van der Waals surface area contributed by atoms with Crippen molar-refractivity contribution < 1.29 is 0 Å². The SMILES string of the molecule is Cc1cccc(Nc2cc(Br)ncn2)c1C. The third kappa shape index (κ3) is 2.39. The van der Waals surface area contributed by atoms with Crippen LogP contribution in [0, 0.1) is 13.8 Å². The van der Waals surface area contributed by atoms with Crippen molar-refractivity contribution in [3.63, 3.8) is 0 Å². The molecule has 16 heavy (non-hydrogen) atoms. The second-order valence-corrected chi connectivity index (χ2v) is 4.41. The molecule has 0 unspecified atom stereocenters. The summed E-state index contributed by atoms with van der Waals surface area (Å²) < 4.78 is 0.773. The number of anilines is 2. The second-order valence-electron chi connectivity index (χ2n) is 3.60. The Labute approximate surface area is 103 Å². The Morgan fingerprint density at radius 2 is 2.00 bits per heavy atom. The minimum absolute atomic E-state index is 0.773. The first-order valence-corrected chi connectivity index (χ1v) is 5.77. The average Bonchev–Trinajstić information content (AvgIpc) is 2.25. The van der Waals surface area contributed by atoms with Crippen LogP contribution in [0.4, 0.5) is 11.5 Å². The first-order chi connectivity index (χ1) is 7.66. The van der Waals surface area contributed by atoms with Crippen LogP contribution in [0.2, 0.25) is 0 Å². The van der Waals surface area contributed by atoms with Crippen LogP contribution in [-0.2, 0) is 0 Å². The van der Waals surface area contributed by atoms with Gasteiger partial charge < -0.3 is 5.32 Å². The predicted molar refractivity (Wildman–Crippen MR) is 68.9 cm³/mol. The first-order valence-electron chi connectivity index (χ1n) is 4.97. The number of rotatable bonds is 2. The smallest absolute Gasteiger partial charge is 0.134 e. The van der Waals surface area contributed by atoms with Gasteiger partial charge in [0, 0.05) is 11.8 Å². The van der Waals surface area contributed by atoms with Gasteiger partial charge in [0.05, 0.1) is 0 Å². The lowest BCUT2D eigenvalue weighted by Gasteiger charge is -2.10. The van der Waals surface area contributed by atoms with Crippen molar-refractivity contribution in [1.82, 2.24) is 9.97 Å². The van der Waals surface area contributed by atoms with E-state index >= 15 is 0 Å². The van der Waals surface area contributed by atoms with E-state index in [1.807, 2.05) is 18.2 Å². The normalized spacial score (nSPS) is 10.2. The van der Waals surface area contributed by atoms with Crippen LogP contribution in [-0.4, -0.2) is 9.97 Å². The maximum atomic E-state index is 4.15. The molecule has 3 nitrogen and oxygen atoms in total. The summed E-state index contributed by atoms with van der Waals surface area (Å²) in [6.45, 7) is 4.18. The Hall–Kier alpha value is -1.42. The molecule has 0 spiro atoms. The van der Waals surface area contributed by atoms with Gasteiger partial charge in [0.15, 0.2) is 0 Å². The fourth-order valence-corrected chi connectivity index (χ4v) is 1.73. The van der Waals surface area contributed by atoms with Crippen molar-refractivity contribution in [2.75, 3.05) is 5.32 Å². The zero-order chi connectivity index (χ0) is 11.5. The fraction of sp³-hybridized carbons (Fsp3) is 0.167. The summed E-state index contributed by atoms with van der Waals surface area (Å²) in [5, 5.41) is 3.27. The molecule has 0 fully saturated rings. The summed E-state index contributed by atoms with van der Waals surface area (Å²) in [5.41, 5.74) is 3.57. The number of benzene rings is 1. The van der Waals surface area contributed by atoms with Crippen LogP contribution in [0.1, 0.15) is 11.1 Å². The van der Waals surface area contributed by atoms with Gasteiger partial charge in [-0.25, -0.2) is 9.97 Å². The molecule has 1 N–H and O–H groups in total. The molecule has 0 radical (unpaired) electrons. The summed E-state index contributed by atoms with van der Waals surface area (Å²) in [7, 11) is 0. The quantitative estimate of drug-likeness (QED) is 0.853. The van der Waals surface area contributed by atoms with Gasteiger partial charge in [-0.05, 0) is 47.0 Å². The molecule has 0 saturated heterocycles. The summed E-state index contributed by atoms with van der Waals surface area (Å²) in [4.78, 5) is 8.14. The largest absolute Gasteiger partial charge is 0.340 e. The van der Waals surface area contributed by atoms with E-state index < -0.39 is 0 Å². The van der Waals surface area contributed by atoms with Crippen LogP contribution in [0.15, 0.2) is 35.2 Å². The number of aromatic nitrogens is 2. The van der Waals surface area contributed by atoms with Crippen molar-refractivity contribution >= 4 is 27.4 Å². The Morgan fingerprint density at radius 1 is 1.19 bits per heavy atom. The Kier molecular flexibility index (Phi) is 3.19. The minimum atomic E-state index is 0.773. The topological polar surface area (TPSA) is 37.8 Å². The number of halogens is 1. The van der Waals surface area contributed by atoms with E-state index in [4.69, 9.17) is 0 Å². The van der Waals surface area contributed by atoms with E-state index in [-0.39, 0.29) is 0 Å². The number of hydrogen-bond donors (Lipinski definition) is 1. The molecule has 0 atom stereocenters. The molecule has 0 aliphatic heterocycles. The number of aryl methyl sites for hydroxylation is 1. The molecule has 1 heterocycles. The average molecular weight is 278 g/mol. The van der Waals surface area contributed by atoms with Gasteiger partial charge in [-0.2, -0.15) is 0 Å². The highest BCUT2D eigenvalue weighted by atomic mass is 79.9. The van der Waals surface area contributed by atoms with Gasteiger partial charge in [0.1, 0.15) is 16.7 Å². The van der Waals surface area contributed by atoms with Crippen LogP contribution >= 0.6 is 15.9 Å². The van der Waals surface area contributed by atoms with E-state index in [0.29, 0.717) is 0 Å². The van der Waals surface area contributed by atoms with Crippen LogP contribution in [0.25, 0.3) is 0 Å². The molecular weight excluding hydrogens is 266 g/mol. The van der Waals surface area contributed by atoms with Crippen LogP contribution in [0.5, 0.6) is 0 Å². The Morgan fingerprint density at radius 3 is 2.75 bits per heavy atom. The van der Waals surface area contributed by atoms with E-state index in [9.17, 15) is 0 Å². The lowest BCUT2D eigenvalue weighted by atomic mass is 10.1. The number of nitrogens with zero attached hydrogens (tertiary/aromatic N) is 2. The Bertz CT molecular complexity index is 511. The molecule has 2 aromatic rings. The zero-order valence-corrected chi connectivity index (χ0v) is 10.7. The van der Waals surface area contributed by atoms with Gasteiger partial charge in [-0.1, -0.05) is 12.1 Å². The van der Waals surface area contributed by atoms with Gasteiger partial charge in [-0.3, -0.25) is 0 Å². The molecule has 0 saturated carbocycles. The molecule has 4 heteroatoms. The third-order valence-corrected chi connectivity index (χ3v) is 2.93. The van der Waals surface area contributed by atoms with Crippen molar-refractivity contribution in [1.29, 1.82) is 0 Å². The minimum Gasteiger partial charge on any atom is -0.340 e. The highest BCUT2D eigenvalue weighted by molar-refractivity contribution is 9.10. The van der Waals surface area contributed by atoms with Gasteiger partial charge in [0.25, 0.3) is 0 Å². The molecule has 0 bridgehead atoms. The van der Waals surface area contributed by atoms with E-state index in [1.165, 1.54) is 17.5 Å². The Balaban J connectivity index is 2.31. The maximum Gasteiger partial charge on any atom is 0.134 e. The monoisotopic (exact) mass is 277 g/mol. The van der Waals surface area contributed by atoms with Crippen molar-refractivity contribution in [2.24, 2.45) is 0 Å². The maximum absolute atomic E-state index is 4.15. The molecule has 1 aromatic heterocycles. The van der Waals surface area contributed by atoms with Crippen LogP contribution in [0.3, 0.4) is 0 Å². The van der Waals surface area contributed by atoms with E-state index in [1.54, 1.807) is 0 Å². The zero-order valence-electron chi connectivity index (χ0n) is 9.16. The second kappa shape index (κ2) is 4.61. The van der Waals surface area contributed by atoms with E-state index in [2.05, 4.69) is 51.1 Å². The van der Waals surface area contributed by atoms with Crippen molar-refractivity contribution in [3.8, 4) is 0 Å². The van der Waals surface area contributed by atoms with Crippen molar-refractivity contribution in [2.45, 2.75) is 13.8 Å². The predicted octanol–water partition coefficient (Wildman–Crippen LogP) is 3.60. The van der Waals surface area contributed by atoms with E-state index in [0.717, 1.165) is 16.1 Å². The summed E-state index contributed by atoms with van der Waals surface area (Å²) in [6.07, 6.45) is 1.53. The summed E-state index contributed by atoms with van der Waals surface area (Å²) >= 11 is 3.32. The lowest BCUT2D eigenvalue weighted by molar-refractivity contribution is 1.14. The first kappa shape index (κ1) is 11.1. The highest BCUT2D eigenvalue weighted by Gasteiger charge is 2.02. The standard InChI is InChI=1S/C12H12BrN3/c1-8-4-3-5-10(9(8)2)16-12-6-11(13)14-7-15-12/h3-7H,1-2H3,(H,14,15,16). The molecule has 1 aromatic carbocycles. The molecule has 82 valence electrons. The molecule has 0 aliphatic carbocycles. The molecule has 2 rings (SSSR count). The molecule has 0 aliphatic rings.